The number of rotatable bonds is 5. The van der Waals surface area contributed by atoms with Crippen LogP contribution in [0, 0.1) is 0 Å². The molecule has 1 heterocycles. The lowest BCUT2D eigenvalue weighted by Gasteiger charge is -2.28. The number of nitrogens with one attached hydrogen (secondary N) is 2. The average Bonchev–Trinajstić information content (AvgIpc) is 2.20. The number of piperazine rings is 1. The van der Waals surface area contributed by atoms with E-state index in [2.05, 4.69) is 10.6 Å². The molecule has 1 rings (SSSR count). The molecule has 1 fully saturated rings. The highest BCUT2D eigenvalue weighted by molar-refractivity contribution is 5.98. The molecule has 1 aliphatic rings. The summed E-state index contributed by atoms with van der Waals surface area (Å²) in [6.07, 6.45) is 2.01. The minimum absolute atomic E-state index is 0.292. The van der Waals surface area contributed by atoms with E-state index < -0.39 is 24.0 Å². The van der Waals surface area contributed by atoms with Crippen molar-refractivity contribution in [3.63, 3.8) is 0 Å². The van der Waals surface area contributed by atoms with Crippen LogP contribution in [0.4, 0.5) is 0 Å². The molecule has 0 saturated carbocycles. The minimum Gasteiger partial charge on any atom is -0.481 e. The van der Waals surface area contributed by atoms with Gasteiger partial charge in [-0.25, -0.2) is 0 Å². The summed E-state index contributed by atoms with van der Waals surface area (Å²) < 4.78 is 0. The molecule has 0 aromatic heterocycles. The molecule has 0 bridgehead atoms. The van der Waals surface area contributed by atoms with Crippen LogP contribution in [0.25, 0.3) is 0 Å². The van der Waals surface area contributed by atoms with Crippen molar-refractivity contribution < 1.29 is 19.5 Å². The second kappa shape index (κ2) is 5.48. The van der Waals surface area contributed by atoms with Gasteiger partial charge < -0.3 is 15.7 Å². The normalized spacial score (nSPS) is 24.8. The third-order valence-corrected chi connectivity index (χ3v) is 2.49. The van der Waals surface area contributed by atoms with Gasteiger partial charge in [0.1, 0.15) is 12.1 Å². The standard InChI is InChI=1S/C10H16N2O4/c1-2-3-4-6-9(15)12-7(5-8(13)14)10(16)11-6/h6-7H,2-5H2,1H3,(H,11,16)(H,12,15)(H,13,14)/t6-,7-/m1/s1. The Kier molecular flexibility index (Phi) is 4.28. The number of amides is 2. The van der Waals surface area contributed by atoms with E-state index in [1.54, 1.807) is 0 Å². The van der Waals surface area contributed by atoms with Crippen LogP contribution in [0.5, 0.6) is 0 Å². The van der Waals surface area contributed by atoms with Crippen molar-refractivity contribution in [1.82, 2.24) is 10.6 Å². The van der Waals surface area contributed by atoms with Gasteiger partial charge in [0.15, 0.2) is 0 Å². The molecule has 0 radical (unpaired) electrons. The summed E-state index contributed by atoms with van der Waals surface area (Å²) in [5, 5.41) is 13.5. The summed E-state index contributed by atoms with van der Waals surface area (Å²) in [6.45, 7) is 2.00. The van der Waals surface area contributed by atoms with Crippen molar-refractivity contribution in [1.29, 1.82) is 0 Å². The summed E-state index contributed by atoms with van der Waals surface area (Å²) in [5.74, 6) is -1.81. The number of aliphatic carboxylic acids is 1. The zero-order chi connectivity index (χ0) is 12.1. The first kappa shape index (κ1) is 12.5. The van der Waals surface area contributed by atoms with Crippen LogP contribution in [0.15, 0.2) is 0 Å². The maximum Gasteiger partial charge on any atom is 0.305 e. The SMILES string of the molecule is CCCC[C@H]1NC(=O)[C@@H](CC(=O)O)NC1=O. The fourth-order valence-electron chi connectivity index (χ4n) is 1.61. The Labute approximate surface area is 93.4 Å². The Morgan fingerprint density at radius 3 is 2.38 bits per heavy atom. The summed E-state index contributed by atoms with van der Waals surface area (Å²) in [5.41, 5.74) is 0. The molecule has 0 spiro atoms. The van der Waals surface area contributed by atoms with E-state index in [1.807, 2.05) is 6.92 Å². The number of hydrogen-bond donors (Lipinski definition) is 3. The number of carbonyl (C=O) groups is 3. The van der Waals surface area contributed by atoms with Gasteiger partial charge in [0.25, 0.3) is 0 Å². The third kappa shape index (κ3) is 3.22. The molecular formula is C10H16N2O4. The average molecular weight is 228 g/mol. The van der Waals surface area contributed by atoms with E-state index in [1.165, 1.54) is 0 Å². The topological polar surface area (TPSA) is 95.5 Å². The molecule has 0 aliphatic carbocycles. The van der Waals surface area contributed by atoms with E-state index in [0.717, 1.165) is 12.8 Å². The first-order valence-corrected chi connectivity index (χ1v) is 5.37. The second-order valence-corrected chi connectivity index (χ2v) is 3.86. The first-order chi connectivity index (χ1) is 7.54. The molecule has 1 saturated heterocycles. The largest absolute Gasteiger partial charge is 0.481 e. The van der Waals surface area contributed by atoms with Gasteiger partial charge in [0.2, 0.25) is 11.8 Å². The van der Waals surface area contributed by atoms with Crippen LogP contribution in [-0.4, -0.2) is 35.0 Å². The molecule has 3 N–H and O–H groups in total. The summed E-state index contributed by atoms with van der Waals surface area (Å²) >= 11 is 0. The fraction of sp³-hybridized carbons (Fsp3) is 0.700. The van der Waals surface area contributed by atoms with E-state index >= 15 is 0 Å². The predicted molar refractivity (Wildman–Crippen MR) is 55.6 cm³/mol. The summed E-state index contributed by atoms with van der Waals surface area (Å²) in [4.78, 5) is 33.4. The predicted octanol–water partition coefficient (Wildman–Crippen LogP) is -0.365. The molecule has 90 valence electrons. The van der Waals surface area contributed by atoms with E-state index in [4.69, 9.17) is 5.11 Å². The molecule has 16 heavy (non-hydrogen) atoms. The van der Waals surface area contributed by atoms with Gasteiger partial charge in [-0.3, -0.25) is 14.4 Å². The first-order valence-electron chi connectivity index (χ1n) is 5.37. The molecule has 1 aliphatic heterocycles. The van der Waals surface area contributed by atoms with Crippen molar-refractivity contribution >= 4 is 17.8 Å². The smallest absolute Gasteiger partial charge is 0.305 e. The zero-order valence-electron chi connectivity index (χ0n) is 9.16. The Hall–Kier alpha value is -1.59. The molecule has 0 aromatic rings. The van der Waals surface area contributed by atoms with Crippen molar-refractivity contribution in [2.24, 2.45) is 0 Å². The molecule has 0 aromatic carbocycles. The van der Waals surface area contributed by atoms with Crippen LogP contribution in [0.3, 0.4) is 0 Å². The Bertz CT molecular complexity index is 303. The van der Waals surface area contributed by atoms with Crippen LogP contribution < -0.4 is 10.6 Å². The van der Waals surface area contributed by atoms with E-state index in [-0.39, 0.29) is 12.3 Å². The van der Waals surface area contributed by atoms with Crippen LogP contribution in [0.1, 0.15) is 32.6 Å². The third-order valence-electron chi connectivity index (χ3n) is 2.49. The van der Waals surface area contributed by atoms with Crippen molar-refractivity contribution in [2.45, 2.75) is 44.7 Å². The monoisotopic (exact) mass is 228 g/mol. The van der Waals surface area contributed by atoms with Gasteiger partial charge in [0.05, 0.1) is 6.42 Å². The lowest BCUT2D eigenvalue weighted by atomic mass is 10.0. The number of carboxylic acids is 1. The number of carboxylic acid groups (broad SMARTS) is 1. The van der Waals surface area contributed by atoms with Gasteiger partial charge in [-0.2, -0.15) is 0 Å². The minimum atomic E-state index is -1.10. The molecule has 2 atom stereocenters. The van der Waals surface area contributed by atoms with Gasteiger partial charge in [-0.1, -0.05) is 19.8 Å². The second-order valence-electron chi connectivity index (χ2n) is 3.86. The lowest BCUT2D eigenvalue weighted by molar-refractivity contribution is -0.143. The molecule has 6 heteroatoms. The quantitative estimate of drug-likeness (QED) is 0.598. The van der Waals surface area contributed by atoms with E-state index in [9.17, 15) is 14.4 Å². The van der Waals surface area contributed by atoms with Gasteiger partial charge >= 0.3 is 5.97 Å². The summed E-state index contributed by atoms with van der Waals surface area (Å²) in [6, 6.07) is -1.46. The van der Waals surface area contributed by atoms with Crippen molar-refractivity contribution in [3.8, 4) is 0 Å². The Balaban J connectivity index is 2.53. The number of carbonyl (C=O) groups excluding carboxylic acids is 2. The lowest BCUT2D eigenvalue weighted by Crippen LogP contribution is -2.62. The zero-order valence-corrected chi connectivity index (χ0v) is 9.16. The molecular weight excluding hydrogens is 212 g/mol. The Morgan fingerprint density at radius 1 is 1.25 bits per heavy atom. The maximum absolute atomic E-state index is 11.5. The molecule has 0 unspecified atom stereocenters. The molecule has 2 amide bonds. The van der Waals surface area contributed by atoms with E-state index in [0.29, 0.717) is 6.42 Å². The number of hydrogen-bond acceptors (Lipinski definition) is 3. The van der Waals surface area contributed by atoms with Gasteiger partial charge in [-0.05, 0) is 6.42 Å². The molecule has 6 nitrogen and oxygen atoms in total. The summed E-state index contributed by atoms with van der Waals surface area (Å²) in [7, 11) is 0. The maximum atomic E-state index is 11.5. The van der Waals surface area contributed by atoms with Crippen LogP contribution in [-0.2, 0) is 14.4 Å². The van der Waals surface area contributed by atoms with Crippen molar-refractivity contribution in [3.05, 3.63) is 0 Å². The van der Waals surface area contributed by atoms with Crippen molar-refractivity contribution in [2.75, 3.05) is 0 Å². The Morgan fingerprint density at radius 2 is 1.81 bits per heavy atom. The van der Waals surface area contributed by atoms with Gasteiger partial charge in [0, 0.05) is 0 Å². The highest BCUT2D eigenvalue weighted by Gasteiger charge is 2.34. The van der Waals surface area contributed by atoms with Gasteiger partial charge in [-0.15, -0.1) is 0 Å². The van der Waals surface area contributed by atoms with Crippen LogP contribution in [0.2, 0.25) is 0 Å². The highest BCUT2D eigenvalue weighted by Crippen LogP contribution is 2.07. The number of unbranched alkanes of at least 4 members (excludes halogenated alkanes) is 1. The van der Waals surface area contributed by atoms with Crippen LogP contribution >= 0.6 is 0 Å². The highest BCUT2D eigenvalue weighted by atomic mass is 16.4. The fourth-order valence-corrected chi connectivity index (χ4v) is 1.61.